The van der Waals surface area contributed by atoms with Gasteiger partial charge in [-0.15, -0.1) is 0 Å². The summed E-state index contributed by atoms with van der Waals surface area (Å²) in [4.78, 5) is 12.6. The van der Waals surface area contributed by atoms with Crippen molar-refractivity contribution in [3.05, 3.63) is 93.5 Å². The normalized spacial score (nSPS) is 10.9. The Morgan fingerprint density at radius 3 is 2.47 bits per heavy atom. The molecule has 0 aliphatic rings. The number of carbonyl (C=O) groups excluding carboxylic acids is 1. The Kier molecular flexibility index (Phi) is 7.54. The van der Waals surface area contributed by atoms with E-state index < -0.39 is 5.91 Å². The minimum Gasteiger partial charge on any atom is -0.493 e. The van der Waals surface area contributed by atoms with Crippen LogP contribution in [0.25, 0.3) is 6.08 Å². The number of nitrogens with zero attached hydrogens (tertiary/aromatic N) is 1. The molecule has 32 heavy (non-hydrogen) atoms. The average Bonchev–Trinajstić information content (AvgIpc) is 2.79. The molecule has 0 saturated carbocycles. The van der Waals surface area contributed by atoms with Crippen LogP contribution in [0.15, 0.2) is 66.2 Å². The second-order valence-electron chi connectivity index (χ2n) is 7.27. The Bertz CT molecular complexity index is 1190. The molecule has 0 atom stereocenters. The molecule has 6 heteroatoms. The first-order valence-corrected chi connectivity index (χ1v) is 10.3. The number of aryl methyl sites for hydroxylation is 2. The van der Waals surface area contributed by atoms with Gasteiger partial charge >= 0.3 is 0 Å². The molecule has 0 saturated heterocycles. The van der Waals surface area contributed by atoms with Crippen molar-refractivity contribution in [2.45, 2.75) is 20.5 Å². The Labute approximate surface area is 192 Å². The van der Waals surface area contributed by atoms with Gasteiger partial charge in [-0.2, -0.15) is 5.26 Å². The summed E-state index contributed by atoms with van der Waals surface area (Å²) in [5.74, 6) is 0.583. The number of hydrogen-bond donors (Lipinski definition) is 1. The number of anilines is 1. The first-order valence-electron chi connectivity index (χ1n) is 9.95. The zero-order chi connectivity index (χ0) is 23.1. The van der Waals surface area contributed by atoms with E-state index in [1.807, 2.05) is 50.2 Å². The van der Waals surface area contributed by atoms with Crippen LogP contribution < -0.4 is 14.8 Å². The van der Waals surface area contributed by atoms with E-state index in [-0.39, 0.29) is 5.57 Å². The molecule has 0 heterocycles. The van der Waals surface area contributed by atoms with Crippen molar-refractivity contribution >= 4 is 29.3 Å². The lowest BCUT2D eigenvalue weighted by Gasteiger charge is -2.12. The van der Waals surface area contributed by atoms with E-state index in [2.05, 4.69) is 5.32 Å². The van der Waals surface area contributed by atoms with Crippen LogP contribution in [0, 0.1) is 25.2 Å². The lowest BCUT2D eigenvalue weighted by molar-refractivity contribution is -0.112. The number of halogens is 1. The third-order valence-corrected chi connectivity index (χ3v) is 5.05. The smallest absolute Gasteiger partial charge is 0.266 e. The summed E-state index contributed by atoms with van der Waals surface area (Å²) in [5, 5.41) is 13.0. The molecule has 0 fully saturated rings. The highest BCUT2D eigenvalue weighted by Gasteiger charge is 2.12. The van der Waals surface area contributed by atoms with Gasteiger partial charge < -0.3 is 14.8 Å². The molecule has 0 spiro atoms. The van der Waals surface area contributed by atoms with E-state index in [4.69, 9.17) is 21.1 Å². The minimum absolute atomic E-state index is 0.0122. The van der Waals surface area contributed by atoms with Gasteiger partial charge in [-0.05, 0) is 66.9 Å². The summed E-state index contributed by atoms with van der Waals surface area (Å²) in [6.45, 7) is 4.24. The highest BCUT2D eigenvalue weighted by atomic mass is 35.5. The van der Waals surface area contributed by atoms with Gasteiger partial charge in [0.1, 0.15) is 18.2 Å². The molecule has 0 unspecified atom stereocenters. The molecule has 5 nitrogen and oxygen atoms in total. The standard InChI is InChI=1S/C26H23ClN2O3/c1-17-4-10-23(18(2)12-17)29-26(30)21(15-28)13-20-7-11-24(25(14-20)31-3)32-16-19-5-8-22(27)9-6-19/h4-14H,16H2,1-3H3,(H,29,30)/b21-13-. The largest absolute Gasteiger partial charge is 0.493 e. The van der Waals surface area contributed by atoms with E-state index in [1.54, 1.807) is 30.3 Å². The van der Waals surface area contributed by atoms with Gasteiger partial charge in [0.25, 0.3) is 5.91 Å². The first-order chi connectivity index (χ1) is 15.4. The fourth-order valence-electron chi connectivity index (χ4n) is 3.09. The number of nitrogens with one attached hydrogen (secondary N) is 1. The highest BCUT2D eigenvalue weighted by molar-refractivity contribution is 6.30. The van der Waals surface area contributed by atoms with Crippen LogP contribution in [0.1, 0.15) is 22.3 Å². The monoisotopic (exact) mass is 446 g/mol. The van der Waals surface area contributed by atoms with Gasteiger partial charge in [0, 0.05) is 10.7 Å². The van der Waals surface area contributed by atoms with Crippen LogP contribution in [-0.4, -0.2) is 13.0 Å². The van der Waals surface area contributed by atoms with E-state index in [0.29, 0.717) is 34.4 Å². The Balaban J connectivity index is 1.76. The van der Waals surface area contributed by atoms with Gasteiger partial charge in [-0.3, -0.25) is 4.79 Å². The van der Waals surface area contributed by atoms with Gasteiger partial charge in [0.15, 0.2) is 11.5 Å². The van der Waals surface area contributed by atoms with Crippen molar-refractivity contribution in [1.82, 2.24) is 0 Å². The number of rotatable bonds is 7. The summed E-state index contributed by atoms with van der Waals surface area (Å²) in [6, 6.07) is 20.3. The number of methoxy groups -OCH3 is 1. The molecule has 0 bridgehead atoms. The van der Waals surface area contributed by atoms with Gasteiger partial charge in [0.2, 0.25) is 0 Å². The zero-order valence-corrected chi connectivity index (χ0v) is 18.9. The SMILES string of the molecule is COc1cc(/C=C(/C#N)C(=O)Nc2ccc(C)cc2C)ccc1OCc1ccc(Cl)cc1. The fourth-order valence-corrected chi connectivity index (χ4v) is 3.22. The maximum atomic E-state index is 12.6. The van der Waals surface area contributed by atoms with Crippen LogP contribution in [0.4, 0.5) is 5.69 Å². The zero-order valence-electron chi connectivity index (χ0n) is 18.1. The molecule has 1 amide bonds. The number of ether oxygens (including phenoxy) is 2. The van der Waals surface area contributed by atoms with Crippen LogP contribution in [0.3, 0.4) is 0 Å². The van der Waals surface area contributed by atoms with Gasteiger partial charge in [-0.25, -0.2) is 0 Å². The summed E-state index contributed by atoms with van der Waals surface area (Å²) < 4.78 is 11.3. The van der Waals surface area contributed by atoms with Crippen molar-refractivity contribution in [2.75, 3.05) is 12.4 Å². The maximum absolute atomic E-state index is 12.6. The lowest BCUT2D eigenvalue weighted by Crippen LogP contribution is -2.14. The van der Waals surface area contributed by atoms with Crippen molar-refractivity contribution in [3.63, 3.8) is 0 Å². The van der Waals surface area contributed by atoms with E-state index >= 15 is 0 Å². The average molecular weight is 447 g/mol. The number of carbonyl (C=O) groups is 1. The van der Waals surface area contributed by atoms with Crippen LogP contribution in [0.2, 0.25) is 5.02 Å². The predicted octanol–water partition coefficient (Wildman–Crippen LogP) is 6.09. The fraction of sp³-hybridized carbons (Fsp3) is 0.154. The Morgan fingerprint density at radius 1 is 1.06 bits per heavy atom. The molecule has 1 N–H and O–H groups in total. The molecule has 0 aromatic heterocycles. The minimum atomic E-state index is -0.471. The number of nitriles is 1. The van der Waals surface area contributed by atoms with Crippen molar-refractivity contribution in [2.24, 2.45) is 0 Å². The van der Waals surface area contributed by atoms with Crippen LogP contribution >= 0.6 is 11.6 Å². The number of hydrogen-bond acceptors (Lipinski definition) is 4. The molecule has 3 aromatic rings. The second kappa shape index (κ2) is 10.5. The van der Waals surface area contributed by atoms with Gasteiger partial charge in [0.05, 0.1) is 7.11 Å². The third kappa shape index (κ3) is 5.90. The Hall–Kier alpha value is -3.75. The summed E-state index contributed by atoms with van der Waals surface area (Å²) in [5.41, 5.74) is 4.30. The first kappa shape index (κ1) is 22.9. The second-order valence-corrected chi connectivity index (χ2v) is 7.70. The molecule has 3 aromatic carbocycles. The van der Waals surface area contributed by atoms with Crippen LogP contribution in [-0.2, 0) is 11.4 Å². The van der Waals surface area contributed by atoms with E-state index in [0.717, 1.165) is 16.7 Å². The molecule has 3 rings (SSSR count). The Morgan fingerprint density at radius 2 is 1.81 bits per heavy atom. The maximum Gasteiger partial charge on any atom is 0.266 e. The number of amides is 1. The molecule has 0 radical (unpaired) electrons. The molecular formula is C26H23ClN2O3. The summed E-state index contributed by atoms with van der Waals surface area (Å²) >= 11 is 5.91. The number of benzene rings is 3. The van der Waals surface area contributed by atoms with E-state index in [1.165, 1.54) is 13.2 Å². The predicted molar refractivity (Wildman–Crippen MR) is 127 cm³/mol. The molecule has 0 aliphatic heterocycles. The molecule has 162 valence electrons. The highest BCUT2D eigenvalue weighted by Crippen LogP contribution is 2.30. The van der Waals surface area contributed by atoms with Gasteiger partial charge in [-0.1, -0.05) is 47.5 Å². The summed E-state index contributed by atoms with van der Waals surface area (Å²) in [7, 11) is 1.54. The van der Waals surface area contributed by atoms with Crippen molar-refractivity contribution in [3.8, 4) is 17.6 Å². The topological polar surface area (TPSA) is 71.3 Å². The molecule has 0 aliphatic carbocycles. The van der Waals surface area contributed by atoms with E-state index in [9.17, 15) is 10.1 Å². The third-order valence-electron chi connectivity index (χ3n) is 4.80. The van der Waals surface area contributed by atoms with Crippen molar-refractivity contribution < 1.29 is 14.3 Å². The van der Waals surface area contributed by atoms with Crippen LogP contribution in [0.5, 0.6) is 11.5 Å². The molecular weight excluding hydrogens is 424 g/mol. The quantitative estimate of drug-likeness (QED) is 0.352. The lowest BCUT2D eigenvalue weighted by atomic mass is 10.1. The summed E-state index contributed by atoms with van der Waals surface area (Å²) in [6.07, 6.45) is 1.52. The van der Waals surface area contributed by atoms with Crippen molar-refractivity contribution in [1.29, 1.82) is 5.26 Å².